The average Bonchev–Trinajstić information content (AvgIpc) is 3.06. The first-order valence-electron chi connectivity index (χ1n) is 10.0. The molecule has 5 nitrogen and oxygen atoms in total. The lowest BCUT2D eigenvalue weighted by molar-refractivity contribution is -0.211. The number of aliphatic hydroxyl groups is 3. The van der Waals surface area contributed by atoms with Crippen LogP contribution in [-0.2, 0) is 5.41 Å². The number of piperidine rings is 4. The van der Waals surface area contributed by atoms with Gasteiger partial charge in [-0.2, -0.15) is 0 Å². The Morgan fingerprint density at radius 2 is 1.88 bits per heavy atom. The standard InChI is InChI=1S/C20H26N2O2.CH4O/c1-3-10-11-8-14-17-20(12-6-4-5-7-13(12)21(17)2)9-15(16(11)18(20)23)22(14)19(10)24;1-2/h4-7,10-11,14-19,23-24H,3,8-9H2,1-2H3;2H,1H3. The van der Waals surface area contributed by atoms with Crippen LogP contribution in [0.5, 0.6) is 0 Å². The number of anilines is 1. The summed E-state index contributed by atoms with van der Waals surface area (Å²) >= 11 is 0. The highest BCUT2D eigenvalue weighted by atomic mass is 16.3. The van der Waals surface area contributed by atoms with Crippen molar-refractivity contribution >= 4 is 5.69 Å². The molecule has 0 aromatic heterocycles. The van der Waals surface area contributed by atoms with Gasteiger partial charge in [-0.25, -0.2) is 0 Å². The van der Waals surface area contributed by atoms with E-state index in [0.717, 1.165) is 26.4 Å². The summed E-state index contributed by atoms with van der Waals surface area (Å²) in [4.78, 5) is 4.83. The zero-order valence-electron chi connectivity index (χ0n) is 15.8. The third-order valence-electron chi connectivity index (χ3n) is 8.46. The number of likely N-dealkylation sites (N-methyl/N-ethyl adjacent to an activating group) is 1. The quantitative estimate of drug-likeness (QED) is 0.703. The molecule has 4 saturated heterocycles. The zero-order valence-corrected chi connectivity index (χ0v) is 15.8. The lowest BCUT2D eigenvalue weighted by Gasteiger charge is -2.62. The van der Waals surface area contributed by atoms with Crippen molar-refractivity contribution in [3.8, 4) is 0 Å². The van der Waals surface area contributed by atoms with Crippen LogP contribution in [0.2, 0.25) is 0 Å². The molecule has 5 aliphatic heterocycles. The van der Waals surface area contributed by atoms with Crippen molar-refractivity contribution in [2.75, 3.05) is 19.1 Å². The van der Waals surface area contributed by atoms with Gasteiger partial charge in [0.15, 0.2) is 0 Å². The second-order valence-electron chi connectivity index (χ2n) is 8.81. The van der Waals surface area contributed by atoms with Gasteiger partial charge in [-0.05, 0) is 36.8 Å². The van der Waals surface area contributed by atoms with E-state index >= 15 is 0 Å². The normalized spacial score (nSPS) is 51.8. The Kier molecular flexibility index (Phi) is 3.56. The van der Waals surface area contributed by atoms with Crippen LogP contribution in [0, 0.1) is 17.8 Å². The van der Waals surface area contributed by atoms with Gasteiger partial charge in [0, 0.05) is 49.2 Å². The van der Waals surface area contributed by atoms with Gasteiger partial charge in [0.2, 0.25) is 0 Å². The van der Waals surface area contributed by atoms with Gasteiger partial charge in [0.05, 0.1) is 12.1 Å². The van der Waals surface area contributed by atoms with E-state index in [0.29, 0.717) is 35.9 Å². The molecule has 5 fully saturated rings. The zero-order chi connectivity index (χ0) is 18.4. The molecule has 142 valence electrons. The molecule has 26 heavy (non-hydrogen) atoms. The van der Waals surface area contributed by atoms with Crippen LogP contribution in [0.1, 0.15) is 31.7 Å². The maximum Gasteiger partial charge on any atom is 0.111 e. The highest BCUT2D eigenvalue weighted by molar-refractivity contribution is 5.67. The van der Waals surface area contributed by atoms with Gasteiger partial charge >= 0.3 is 0 Å². The Bertz CT molecular complexity index is 727. The van der Waals surface area contributed by atoms with Gasteiger partial charge in [-0.1, -0.05) is 25.1 Å². The van der Waals surface area contributed by atoms with Gasteiger partial charge < -0.3 is 20.2 Å². The van der Waals surface area contributed by atoms with Crippen molar-refractivity contribution in [2.45, 2.75) is 62.1 Å². The van der Waals surface area contributed by atoms with Crippen molar-refractivity contribution in [3.05, 3.63) is 29.8 Å². The summed E-state index contributed by atoms with van der Waals surface area (Å²) in [5, 5.41) is 29.6. The molecule has 3 N–H and O–H groups in total. The average molecular weight is 358 g/mol. The van der Waals surface area contributed by atoms with Gasteiger partial charge in [-0.15, -0.1) is 0 Å². The third kappa shape index (κ3) is 1.59. The van der Waals surface area contributed by atoms with Crippen molar-refractivity contribution in [1.82, 2.24) is 4.90 Å². The van der Waals surface area contributed by atoms with Crippen molar-refractivity contribution in [1.29, 1.82) is 0 Å². The predicted octanol–water partition coefficient (Wildman–Crippen LogP) is 1.16. The number of aliphatic hydroxyl groups excluding tert-OH is 3. The Morgan fingerprint density at radius 3 is 2.62 bits per heavy atom. The Balaban J connectivity index is 0.000000727. The lowest BCUT2D eigenvalue weighted by atomic mass is 9.62. The summed E-state index contributed by atoms with van der Waals surface area (Å²) in [5.74, 6) is 1.14. The predicted molar refractivity (Wildman–Crippen MR) is 99.9 cm³/mol. The molecule has 6 aliphatic rings. The van der Waals surface area contributed by atoms with E-state index in [2.05, 4.69) is 48.0 Å². The smallest absolute Gasteiger partial charge is 0.111 e. The third-order valence-corrected chi connectivity index (χ3v) is 8.46. The van der Waals surface area contributed by atoms with Crippen molar-refractivity contribution < 1.29 is 15.3 Å². The van der Waals surface area contributed by atoms with E-state index in [4.69, 9.17) is 5.11 Å². The summed E-state index contributed by atoms with van der Waals surface area (Å²) in [6.07, 6.45) is 2.56. The molecule has 5 heterocycles. The summed E-state index contributed by atoms with van der Waals surface area (Å²) in [5.41, 5.74) is 2.51. The Morgan fingerprint density at radius 1 is 1.15 bits per heavy atom. The topological polar surface area (TPSA) is 67.2 Å². The first-order chi connectivity index (χ1) is 12.6. The second kappa shape index (κ2) is 5.44. The first kappa shape index (κ1) is 17.0. The number of hydrogen-bond acceptors (Lipinski definition) is 5. The van der Waals surface area contributed by atoms with Gasteiger partial charge in [0.25, 0.3) is 0 Å². The van der Waals surface area contributed by atoms with Gasteiger partial charge in [-0.3, -0.25) is 4.90 Å². The van der Waals surface area contributed by atoms with Crippen LogP contribution in [0.3, 0.4) is 0 Å². The van der Waals surface area contributed by atoms with Crippen molar-refractivity contribution in [3.63, 3.8) is 0 Å². The molecular weight excluding hydrogens is 328 g/mol. The molecule has 5 bridgehead atoms. The molecule has 1 aromatic rings. The number of fused-ring (bicyclic) bond motifs is 2. The number of rotatable bonds is 1. The Hall–Kier alpha value is -1.14. The second-order valence-corrected chi connectivity index (χ2v) is 8.81. The molecule has 1 aliphatic carbocycles. The fourth-order valence-corrected chi connectivity index (χ4v) is 7.88. The fraction of sp³-hybridized carbons (Fsp3) is 0.714. The maximum absolute atomic E-state index is 11.6. The van der Waals surface area contributed by atoms with Crippen LogP contribution in [0.15, 0.2) is 24.3 Å². The van der Waals surface area contributed by atoms with Crippen LogP contribution in [0.25, 0.3) is 0 Å². The molecule has 5 heteroatoms. The number of benzene rings is 1. The van der Waals surface area contributed by atoms with E-state index in [1.165, 1.54) is 11.3 Å². The molecule has 1 aromatic carbocycles. The van der Waals surface area contributed by atoms with Crippen molar-refractivity contribution in [2.24, 2.45) is 17.8 Å². The van der Waals surface area contributed by atoms with E-state index in [9.17, 15) is 10.2 Å². The molecule has 1 saturated carbocycles. The number of hydrogen-bond donors (Lipinski definition) is 3. The monoisotopic (exact) mass is 358 g/mol. The minimum absolute atomic E-state index is 0.126. The minimum Gasteiger partial charge on any atom is -0.400 e. The van der Waals surface area contributed by atoms with E-state index in [1.54, 1.807) is 0 Å². The van der Waals surface area contributed by atoms with E-state index in [1.807, 2.05) is 0 Å². The molecular formula is C21H30N2O3. The largest absolute Gasteiger partial charge is 0.400 e. The van der Waals surface area contributed by atoms with E-state index in [-0.39, 0.29) is 17.7 Å². The first-order valence-corrected chi connectivity index (χ1v) is 10.0. The molecule has 1 spiro atoms. The molecule has 10 atom stereocenters. The molecule has 0 amide bonds. The summed E-state index contributed by atoms with van der Waals surface area (Å²) in [6.45, 7) is 2.19. The fourth-order valence-electron chi connectivity index (χ4n) is 7.88. The highest BCUT2D eigenvalue weighted by Crippen LogP contribution is 2.68. The Labute approximate surface area is 155 Å². The number of para-hydroxylation sites is 1. The molecule has 10 unspecified atom stereocenters. The summed E-state index contributed by atoms with van der Waals surface area (Å²) < 4.78 is 0. The van der Waals surface area contributed by atoms with Gasteiger partial charge in [0.1, 0.15) is 6.23 Å². The SMILES string of the molecule is CCC1C2CC3C4N(C)c5ccccc5C45CC(C2C5O)N3C1O.CO. The summed E-state index contributed by atoms with van der Waals surface area (Å²) in [6, 6.07) is 9.70. The van der Waals surface area contributed by atoms with Crippen LogP contribution < -0.4 is 4.90 Å². The van der Waals surface area contributed by atoms with Crippen LogP contribution in [-0.4, -0.2) is 64.8 Å². The van der Waals surface area contributed by atoms with Crippen LogP contribution >= 0.6 is 0 Å². The summed E-state index contributed by atoms with van der Waals surface area (Å²) in [7, 11) is 3.19. The van der Waals surface area contributed by atoms with E-state index < -0.39 is 0 Å². The minimum atomic E-state index is -0.319. The lowest BCUT2D eigenvalue weighted by Crippen LogP contribution is -2.72. The molecule has 0 radical (unpaired) electrons. The maximum atomic E-state index is 11.6. The molecule has 7 rings (SSSR count). The van der Waals surface area contributed by atoms with Crippen LogP contribution in [0.4, 0.5) is 5.69 Å². The number of nitrogens with zero attached hydrogens (tertiary/aromatic N) is 2. The highest BCUT2D eigenvalue weighted by Gasteiger charge is 2.76.